The molecule has 1 aromatic heterocycles. The third-order valence-electron chi connectivity index (χ3n) is 3.71. The van der Waals surface area contributed by atoms with E-state index in [1.807, 2.05) is 17.0 Å². The summed E-state index contributed by atoms with van der Waals surface area (Å²) in [6.45, 7) is 5.01. The Morgan fingerprint density at radius 1 is 1.05 bits per heavy atom. The molecule has 2 heterocycles. The highest BCUT2D eigenvalue weighted by Gasteiger charge is 2.24. The summed E-state index contributed by atoms with van der Waals surface area (Å²) >= 11 is 0. The molecule has 4 nitrogen and oxygen atoms in total. The number of para-hydroxylation sites is 1. The highest BCUT2D eigenvalue weighted by Crippen LogP contribution is 2.15. The Morgan fingerprint density at radius 3 is 2.53 bits per heavy atom. The zero-order valence-corrected chi connectivity index (χ0v) is 11.1. The maximum atomic E-state index is 11.3. The van der Waals surface area contributed by atoms with Crippen molar-refractivity contribution in [2.45, 2.75) is 6.92 Å². The second-order valence-electron chi connectivity index (χ2n) is 4.92. The molecule has 4 heteroatoms. The van der Waals surface area contributed by atoms with Gasteiger partial charge < -0.3 is 4.90 Å². The topological polar surface area (TPSA) is 37.7 Å². The summed E-state index contributed by atoms with van der Waals surface area (Å²) in [6, 6.07) is 12.5. The molecule has 0 unspecified atom stereocenters. The average Bonchev–Trinajstić information content (AvgIpc) is 2.47. The zero-order valence-electron chi connectivity index (χ0n) is 11.1. The molecular weight excluding hydrogens is 238 g/mol. The van der Waals surface area contributed by atoms with Crippen LogP contribution in [0.5, 0.6) is 0 Å². The van der Waals surface area contributed by atoms with Crippen LogP contribution in [-0.2, 0) is 4.79 Å². The maximum absolute atomic E-state index is 11.3. The van der Waals surface area contributed by atoms with Gasteiger partial charge in [0.2, 0.25) is 5.91 Å². The first-order valence-electron chi connectivity index (χ1n) is 6.65. The van der Waals surface area contributed by atoms with Crippen LogP contribution in [0.1, 0.15) is 6.92 Å². The standard InChI is InChI=1S/C15H17N3O/c1-12(19)17-8-10-18(11-9-17)15-7-6-13-4-2-3-5-14(13)16-15/h2-7H,8-11H2,1H3/p+1. The summed E-state index contributed by atoms with van der Waals surface area (Å²) in [7, 11) is 0. The van der Waals surface area contributed by atoms with Crippen molar-refractivity contribution in [2.24, 2.45) is 0 Å². The van der Waals surface area contributed by atoms with E-state index in [2.05, 4.69) is 34.1 Å². The van der Waals surface area contributed by atoms with Crippen molar-refractivity contribution in [1.82, 2.24) is 4.90 Å². The molecule has 1 N–H and O–H groups in total. The number of carbonyl (C=O) groups is 1. The van der Waals surface area contributed by atoms with E-state index in [4.69, 9.17) is 0 Å². The number of fused-ring (bicyclic) bond motifs is 1. The number of benzene rings is 1. The monoisotopic (exact) mass is 256 g/mol. The minimum Gasteiger partial charge on any atom is -0.335 e. The van der Waals surface area contributed by atoms with E-state index in [1.165, 1.54) is 5.39 Å². The van der Waals surface area contributed by atoms with E-state index in [-0.39, 0.29) is 5.91 Å². The number of nitrogens with one attached hydrogen (secondary N) is 1. The molecule has 1 aliphatic rings. The number of anilines is 1. The fourth-order valence-electron chi connectivity index (χ4n) is 2.55. The van der Waals surface area contributed by atoms with Gasteiger partial charge >= 0.3 is 0 Å². The molecule has 0 spiro atoms. The van der Waals surface area contributed by atoms with Crippen molar-refractivity contribution in [3.63, 3.8) is 0 Å². The number of amides is 1. The minimum atomic E-state index is 0.169. The highest BCUT2D eigenvalue weighted by atomic mass is 16.2. The lowest BCUT2D eigenvalue weighted by Crippen LogP contribution is -2.49. The molecule has 0 radical (unpaired) electrons. The van der Waals surface area contributed by atoms with Crippen molar-refractivity contribution in [3.8, 4) is 0 Å². The van der Waals surface area contributed by atoms with Gasteiger partial charge in [0.05, 0.1) is 13.1 Å². The van der Waals surface area contributed by atoms with Gasteiger partial charge in [0.15, 0.2) is 0 Å². The number of rotatable bonds is 1. The summed E-state index contributed by atoms with van der Waals surface area (Å²) in [5, 5.41) is 1.22. The Balaban J connectivity index is 1.80. The van der Waals surface area contributed by atoms with Crippen LogP contribution in [0.4, 0.5) is 5.82 Å². The first-order chi connectivity index (χ1) is 9.24. The molecule has 19 heavy (non-hydrogen) atoms. The van der Waals surface area contributed by atoms with Gasteiger partial charge in [-0.25, -0.2) is 4.98 Å². The second kappa shape index (κ2) is 4.88. The third kappa shape index (κ3) is 2.38. The first-order valence-corrected chi connectivity index (χ1v) is 6.65. The molecule has 0 aliphatic carbocycles. The number of aromatic amines is 1. The average molecular weight is 256 g/mol. The number of hydrogen-bond acceptors (Lipinski definition) is 2. The molecule has 1 aromatic carbocycles. The lowest BCUT2D eigenvalue weighted by atomic mass is 10.2. The SMILES string of the molecule is CC(=O)N1CCN(c2ccc3ccccc3[nH+]2)CC1. The van der Waals surface area contributed by atoms with E-state index in [9.17, 15) is 4.79 Å². The maximum Gasteiger partial charge on any atom is 0.274 e. The normalized spacial score (nSPS) is 15.8. The largest absolute Gasteiger partial charge is 0.335 e. The Labute approximate surface area is 112 Å². The lowest BCUT2D eigenvalue weighted by Gasteiger charge is -2.30. The van der Waals surface area contributed by atoms with E-state index in [0.717, 1.165) is 37.5 Å². The molecule has 1 amide bonds. The van der Waals surface area contributed by atoms with Gasteiger partial charge in [0.1, 0.15) is 18.6 Å². The van der Waals surface area contributed by atoms with Crippen molar-refractivity contribution < 1.29 is 9.78 Å². The van der Waals surface area contributed by atoms with Crippen LogP contribution < -0.4 is 9.88 Å². The number of hydrogen-bond donors (Lipinski definition) is 0. The van der Waals surface area contributed by atoms with Gasteiger partial charge in [-0.15, -0.1) is 0 Å². The number of piperazine rings is 1. The number of carbonyl (C=O) groups excluding carboxylic acids is 1. The van der Waals surface area contributed by atoms with Gasteiger partial charge in [0, 0.05) is 18.4 Å². The van der Waals surface area contributed by atoms with Crippen LogP contribution in [0, 0.1) is 0 Å². The van der Waals surface area contributed by atoms with Crippen molar-refractivity contribution in [1.29, 1.82) is 0 Å². The number of pyridine rings is 1. The van der Waals surface area contributed by atoms with Crippen molar-refractivity contribution in [3.05, 3.63) is 36.4 Å². The van der Waals surface area contributed by atoms with Crippen LogP contribution in [-0.4, -0.2) is 37.0 Å². The van der Waals surface area contributed by atoms with E-state index < -0.39 is 0 Å². The predicted octanol–water partition coefficient (Wildman–Crippen LogP) is 1.32. The molecule has 98 valence electrons. The lowest BCUT2D eigenvalue weighted by molar-refractivity contribution is -0.330. The Kier molecular flexibility index (Phi) is 3.07. The second-order valence-corrected chi connectivity index (χ2v) is 4.92. The van der Waals surface area contributed by atoms with E-state index in [0.29, 0.717) is 0 Å². The van der Waals surface area contributed by atoms with Gasteiger partial charge in [0.25, 0.3) is 5.82 Å². The van der Waals surface area contributed by atoms with Crippen LogP contribution in [0.3, 0.4) is 0 Å². The van der Waals surface area contributed by atoms with Gasteiger partial charge in [-0.1, -0.05) is 18.2 Å². The van der Waals surface area contributed by atoms with Crippen molar-refractivity contribution in [2.75, 3.05) is 31.1 Å². The first kappa shape index (κ1) is 12.0. The van der Waals surface area contributed by atoms with Gasteiger partial charge in [-0.05, 0) is 12.1 Å². The zero-order chi connectivity index (χ0) is 13.2. The molecular formula is C15H18N3O+. The third-order valence-corrected chi connectivity index (χ3v) is 3.71. The molecule has 0 saturated carbocycles. The molecule has 1 saturated heterocycles. The number of aromatic nitrogens is 1. The summed E-state index contributed by atoms with van der Waals surface area (Å²) in [5.74, 6) is 1.30. The quantitative estimate of drug-likeness (QED) is 0.772. The molecule has 0 atom stereocenters. The smallest absolute Gasteiger partial charge is 0.274 e. The van der Waals surface area contributed by atoms with Crippen molar-refractivity contribution >= 4 is 22.6 Å². The molecule has 2 aromatic rings. The fraction of sp³-hybridized carbons (Fsp3) is 0.333. The number of H-pyrrole nitrogens is 1. The molecule has 1 fully saturated rings. The summed E-state index contributed by atoms with van der Waals surface area (Å²) < 4.78 is 0. The van der Waals surface area contributed by atoms with Crippen LogP contribution >= 0.6 is 0 Å². The number of nitrogens with zero attached hydrogens (tertiary/aromatic N) is 2. The summed E-state index contributed by atoms with van der Waals surface area (Å²) in [6.07, 6.45) is 0. The minimum absolute atomic E-state index is 0.169. The molecule has 0 bridgehead atoms. The highest BCUT2D eigenvalue weighted by molar-refractivity contribution is 5.76. The van der Waals surface area contributed by atoms with Crippen LogP contribution in [0.25, 0.3) is 10.9 Å². The predicted molar refractivity (Wildman–Crippen MR) is 75.0 cm³/mol. The Morgan fingerprint density at radius 2 is 1.79 bits per heavy atom. The molecule has 3 rings (SSSR count). The van der Waals surface area contributed by atoms with E-state index >= 15 is 0 Å². The van der Waals surface area contributed by atoms with E-state index in [1.54, 1.807) is 6.92 Å². The Bertz CT molecular complexity index is 603. The Hall–Kier alpha value is -2.10. The fourth-order valence-corrected chi connectivity index (χ4v) is 2.55. The van der Waals surface area contributed by atoms with Gasteiger partial charge in [-0.3, -0.25) is 9.69 Å². The van der Waals surface area contributed by atoms with Crippen LogP contribution in [0.15, 0.2) is 36.4 Å². The van der Waals surface area contributed by atoms with Crippen LogP contribution in [0.2, 0.25) is 0 Å². The summed E-state index contributed by atoms with van der Waals surface area (Å²) in [4.78, 5) is 19.0. The summed E-state index contributed by atoms with van der Waals surface area (Å²) in [5.41, 5.74) is 1.15. The van der Waals surface area contributed by atoms with Gasteiger partial charge in [-0.2, -0.15) is 0 Å². The molecule has 1 aliphatic heterocycles.